The van der Waals surface area contributed by atoms with E-state index in [9.17, 15) is 0 Å². The van der Waals surface area contributed by atoms with Crippen molar-refractivity contribution in [2.24, 2.45) is 5.92 Å². The van der Waals surface area contributed by atoms with Crippen LogP contribution in [0, 0.1) is 5.92 Å². The van der Waals surface area contributed by atoms with E-state index in [-0.39, 0.29) is 0 Å². The average molecular weight is 183 g/mol. The summed E-state index contributed by atoms with van der Waals surface area (Å²) < 4.78 is 0. The summed E-state index contributed by atoms with van der Waals surface area (Å²) in [5, 5.41) is 0. The molecule has 0 bridgehead atoms. The van der Waals surface area contributed by atoms with Gasteiger partial charge in [0.15, 0.2) is 0 Å². The standard InChI is InChI=1S/C12H25N/c1-5-6-12-7-8-13(10(2)3)11(4)9-12/h10-12H,5-9H2,1-4H3. The number of likely N-dealkylation sites (tertiary alicyclic amines) is 1. The highest BCUT2D eigenvalue weighted by atomic mass is 15.2. The molecule has 0 aromatic carbocycles. The van der Waals surface area contributed by atoms with E-state index in [0.29, 0.717) is 0 Å². The van der Waals surface area contributed by atoms with Crippen LogP contribution < -0.4 is 0 Å². The summed E-state index contributed by atoms with van der Waals surface area (Å²) in [5.41, 5.74) is 0. The molecule has 0 aromatic rings. The first kappa shape index (κ1) is 11.0. The topological polar surface area (TPSA) is 3.24 Å². The Morgan fingerprint density at radius 1 is 1.38 bits per heavy atom. The monoisotopic (exact) mass is 183 g/mol. The fourth-order valence-corrected chi connectivity index (χ4v) is 2.73. The van der Waals surface area contributed by atoms with E-state index in [1.807, 2.05) is 0 Å². The minimum atomic E-state index is 0.734. The summed E-state index contributed by atoms with van der Waals surface area (Å²) in [6, 6.07) is 1.54. The minimum absolute atomic E-state index is 0.734. The second kappa shape index (κ2) is 4.99. The molecule has 1 heterocycles. The average Bonchev–Trinajstić information content (AvgIpc) is 2.04. The van der Waals surface area contributed by atoms with Crippen LogP contribution in [-0.2, 0) is 0 Å². The van der Waals surface area contributed by atoms with Gasteiger partial charge in [0, 0.05) is 12.1 Å². The van der Waals surface area contributed by atoms with Gasteiger partial charge in [0.2, 0.25) is 0 Å². The van der Waals surface area contributed by atoms with Crippen molar-refractivity contribution in [3.05, 3.63) is 0 Å². The van der Waals surface area contributed by atoms with Crippen molar-refractivity contribution >= 4 is 0 Å². The van der Waals surface area contributed by atoms with E-state index < -0.39 is 0 Å². The van der Waals surface area contributed by atoms with Crippen molar-refractivity contribution in [2.45, 2.75) is 65.5 Å². The Bertz CT molecular complexity index is 142. The smallest absolute Gasteiger partial charge is 0.00722 e. The van der Waals surface area contributed by atoms with Gasteiger partial charge in [-0.3, -0.25) is 4.90 Å². The lowest BCUT2D eigenvalue weighted by molar-refractivity contribution is 0.0889. The SMILES string of the molecule is CCCC1CCN(C(C)C)C(C)C1. The van der Waals surface area contributed by atoms with Gasteiger partial charge in [0.25, 0.3) is 0 Å². The van der Waals surface area contributed by atoms with Gasteiger partial charge in [0.05, 0.1) is 0 Å². The third-order valence-electron chi connectivity index (χ3n) is 3.40. The molecule has 13 heavy (non-hydrogen) atoms. The van der Waals surface area contributed by atoms with Crippen molar-refractivity contribution in [3.8, 4) is 0 Å². The maximum Gasteiger partial charge on any atom is 0.00722 e. The molecule has 0 aromatic heterocycles. The van der Waals surface area contributed by atoms with Gasteiger partial charge in [-0.1, -0.05) is 19.8 Å². The first-order valence-electron chi connectivity index (χ1n) is 5.90. The van der Waals surface area contributed by atoms with Gasteiger partial charge in [-0.05, 0) is 46.1 Å². The van der Waals surface area contributed by atoms with Crippen molar-refractivity contribution in [1.29, 1.82) is 0 Å². The van der Waals surface area contributed by atoms with E-state index in [2.05, 4.69) is 32.6 Å². The molecule has 1 saturated heterocycles. The fourth-order valence-electron chi connectivity index (χ4n) is 2.73. The predicted molar refractivity (Wildman–Crippen MR) is 58.9 cm³/mol. The molecule has 0 N–H and O–H groups in total. The van der Waals surface area contributed by atoms with Gasteiger partial charge < -0.3 is 0 Å². The van der Waals surface area contributed by atoms with Gasteiger partial charge >= 0.3 is 0 Å². The van der Waals surface area contributed by atoms with E-state index in [1.165, 1.54) is 32.2 Å². The molecule has 1 aliphatic rings. The summed E-state index contributed by atoms with van der Waals surface area (Å²) in [4.78, 5) is 2.64. The second-order valence-corrected chi connectivity index (χ2v) is 4.86. The molecule has 0 aliphatic carbocycles. The molecule has 0 radical (unpaired) electrons. The van der Waals surface area contributed by atoms with Crippen LogP contribution >= 0.6 is 0 Å². The van der Waals surface area contributed by atoms with Crippen molar-refractivity contribution in [1.82, 2.24) is 4.90 Å². The molecular weight excluding hydrogens is 158 g/mol. The summed E-state index contributed by atoms with van der Waals surface area (Å²) in [7, 11) is 0. The van der Waals surface area contributed by atoms with Crippen LogP contribution in [0.4, 0.5) is 0 Å². The van der Waals surface area contributed by atoms with Crippen molar-refractivity contribution in [2.75, 3.05) is 6.54 Å². The molecular formula is C12H25N. The van der Waals surface area contributed by atoms with Crippen LogP contribution in [0.1, 0.15) is 53.4 Å². The lowest BCUT2D eigenvalue weighted by Gasteiger charge is -2.40. The zero-order valence-electron chi connectivity index (χ0n) is 9.71. The van der Waals surface area contributed by atoms with Crippen LogP contribution in [0.5, 0.6) is 0 Å². The molecule has 2 atom stereocenters. The molecule has 78 valence electrons. The van der Waals surface area contributed by atoms with Crippen LogP contribution in [0.2, 0.25) is 0 Å². The summed E-state index contributed by atoms with van der Waals surface area (Å²) in [5.74, 6) is 1.01. The number of hydrogen-bond donors (Lipinski definition) is 0. The van der Waals surface area contributed by atoms with Crippen molar-refractivity contribution in [3.63, 3.8) is 0 Å². The maximum absolute atomic E-state index is 2.64. The maximum atomic E-state index is 2.64. The first-order chi connectivity index (χ1) is 6.15. The summed E-state index contributed by atoms with van der Waals surface area (Å²) >= 11 is 0. The predicted octanol–water partition coefficient (Wildman–Crippen LogP) is 3.30. The molecule has 1 heteroatoms. The molecule has 1 rings (SSSR count). The Balaban J connectivity index is 2.37. The highest BCUT2D eigenvalue weighted by molar-refractivity contribution is 4.80. The normalized spacial score (nSPS) is 31.2. The second-order valence-electron chi connectivity index (χ2n) is 4.86. The quantitative estimate of drug-likeness (QED) is 0.649. The van der Waals surface area contributed by atoms with Gasteiger partial charge in [-0.25, -0.2) is 0 Å². The Kier molecular flexibility index (Phi) is 4.24. The molecule has 1 nitrogen and oxygen atoms in total. The van der Waals surface area contributed by atoms with Crippen LogP contribution in [-0.4, -0.2) is 23.5 Å². The third-order valence-corrected chi connectivity index (χ3v) is 3.40. The number of nitrogens with zero attached hydrogens (tertiary/aromatic N) is 1. The van der Waals surface area contributed by atoms with Gasteiger partial charge in [-0.15, -0.1) is 0 Å². The zero-order chi connectivity index (χ0) is 9.84. The van der Waals surface area contributed by atoms with Gasteiger partial charge in [0.1, 0.15) is 0 Å². The highest BCUT2D eigenvalue weighted by Gasteiger charge is 2.25. The number of rotatable bonds is 3. The van der Waals surface area contributed by atoms with Crippen LogP contribution in [0.3, 0.4) is 0 Å². The van der Waals surface area contributed by atoms with Crippen LogP contribution in [0.25, 0.3) is 0 Å². The van der Waals surface area contributed by atoms with Crippen molar-refractivity contribution < 1.29 is 0 Å². The lowest BCUT2D eigenvalue weighted by Crippen LogP contribution is -2.44. The zero-order valence-corrected chi connectivity index (χ0v) is 9.71. The van der Waals surface area contributed by atoms with E-state index in [4.69, 9.17) is 0 Å². The summed E-state index contributed by atoms with van der Waals surface area (Å²) in [6.45, 7) is 10.7. The molecule has 0 saturated carbocycles. The van der Waals surface area contributed by atoms with E-state index >= 15 is 0 Å². The molecule has 1 fully saturated rings. The Labute approximate surface area is 83.5 Å². The minimum Gasteiger partial charge on any atom is -0.298 e. The third kappa shape index (κ3) is 2.98. The van der Waals surface area contributed by atoms with E-state index in [1.54, 1.807) is 0 Å². The highest BCUT2D eigenvalue weighted by Crippen LogP contribution is 2.27. The Hall–Kier alpha value is -0.0400. The number of hydrogen-bond acceptors (Lipinski definition) is 1. The first-order valence-corrected chi connectivity index (χ1v) is 5.90. The van der Waals surface area contributed by atoms with Gasteiger partial charge in [-0.2, -0.15) is 0 Å². The fraction of sp³-hybridized carbons (Fsp3) is 1.00. The summed E-state index contributed by atoms with van der Waals surface area (Å²) in [6.07, 6.45) is 5.65. The molecule has 2 unspecified atom stereocenters. The largest absolute Gasteiger partial charge is 0.298 e. The Morgan fingerprint density at radius 2 is 2.08 bits per heavy atom. The van der Waals surface area contributed by atoms with E-state index in [0.717, 1.165) is 18.0 Å². The number of piperidine rings is 1. The lowest BCUT2D eigenvalue weighted by atomic mass is 9.87. The molecule has 0 amide bonds. The molecule has 0 spiro atoms. The molecule has 1 aliphatic heterocycles. The van der Waals surface area contributed by atoms with Crippen LogP contribution in [0.15, 0.2) is 0 Å². The Morgan fingerprint density at radius 3 is 2.54 bits per heavy atom.